The molecule has 1 N–H and O–H groups in total. The van der Waals surface area contributed by atoms with Crippen molar-refractivity contribution in [3.8, 4) is 5.88 Å². The van der Waals surface area contributed by atoms with E-state index in [0.29, 0.717) is 0 Å². The van der Waals surface area contributed by atoms with Crippen molar-refractivity contribution in [1.82, 2.24) is 4.98 Å². The summed E-state index contributed by atoms with van der Waals surface area (Å²) in [4.78, 5) is 14.3. The van der Waals surface area contributed by atoms with Gasteiger partial charge < -0.3 is 14.9 Å². The normalized spacial score (nSPS) is 17.4. The standard InChI is InChI=1S/C22H20N4OS/c27-21-20(14-16-15-23-19-9-5-4-8-18(16)19)28-22(24-21)26-12-10-25(11-13-26)17-6-2-1-3-7-17/h1-9,14-15,27H,10-13H2. The minimum atomic E-state index is 0.0933. The highest BCUT2D eigenvalue weighted by Gasteiger charge is 2.22. The highest BCUT2D eigenvalue weighted by molar-refractivity contribution is 7.16. The summed E-state index contributed by atoms with van der Waals surface area (Å²) in [5.74, 6) is 0.0933. The van der Waals surface area contributed by atoms with Crippen LogP contribution in [-0.4, -0.2) is 42.5 Å². The van der Waals surface area contributed by atoms with Crippen LogP contribution in [0.2, 0.25) is 0 Å². The van der Waals surface area contributed by atoms with Crippen molar-refractivity contribution in [2.24, 2.45) is 4.99 Å². The SMILES string of the molecule is Oc1nc(N2CCN(c3ccccc3)CC2)sc1C=C1C=Nc2ccccc21. The Hall–Kier alpha value is -3.12. The van der Waals surface area contributed by atoms with E-state index in [1.165, 1.54) is 17.0 Å². The molecule has 1 aromatic heterocycles. The molecule has 6 heteroatoms. The first-order chi connectivity index (χ1) is 13.8. The zero-order valence-corrected chi connectivity index (χ0v) is 16.1. The van der Waals surface area contributed by atoms with Gasteiger partial charge in [0.05, 0.1) is 10.6 Å². The average Bonchev–Trinajstić information content (AvgIpc) is 3.33. The van der Waals surface area contributed by atoms with E-state index in [2.05, 4.69) is 50.1 Å². The lowest BCUT2D eigenvalue weighted by atomic mass is 10.1. The summed E-state index contributed by atoms with van der Waals surface area (Å²) in [5.41, 5.74) is 4.33. The second-order valence-electron chi connectivity index (χ2n) is 6.87. The van der Waals surface area contributed by atoms with E-state index >= 15 is 0 Å². The van der Waals surface area contributed by atoms with Crippen LogP contribution >= 0.6 is 11.3 Å². The molecule has 3 aromatic rings. The molecule has 2 aliphatic rings. The fraction of sp³-hybridized carbons (Fsp3) is 0.182. The Morgan fingerprint density at radius 1 is 0.893 bits per heavy atom. The van der Waals surface area contributed by atoms with Gasteiger partial charge >= 0.3 is 0 Å². The van der Waals surface area contributed by atoms with Gasteiger partial charge in [-0.05, 0) is 24.3 Å². The molecule has 2 aromatic carbocycles. The van der Waals surface area contributed by atoms with Crippen molar-refractivity contribution in [2.75, 3.05) is 36.0 Å². The van der Waals surface area contributed by atoms with E-state index in [9.17, 15) is 5.11 Å². The summed E-state index contributed by atoms with van der Waals surface area (Å²) >= 11 is 1.53. The van der Waals surface area contributed by atoms with Crippen molar-refractivity contribution in [3.63, 3.8) is 0 Å². The van der Waals surface area contributed by atoms with Crippen LogP contribution in [0.15, 0.2) is 59.6 Å². The Balaban J connectivity index is 1.33. The third kappa shape index (κ3) is 3.16. The molecule has 0 aliphatic carbocycles. The van der Waals surface area contributed by atoms with Gasteiger partial charge in [0.1, 0.15) is 0 Å². The predicted molar refractivity (Wildman–Crippen MR) is 117 cm³/mol. The van der Waals surface area contributed by atoms with E-state index in [1.807, 2.05) is 36.6 Å². The number of fused-ring (bicyclic) bond motifs is 1. The molecule has 0 spiro atoms. The molecule has 2 aliphatic heterocycles. The number of aliphatic imine (C=N–C) groups is 1. The molecule has 0 radical (unpaired) electrons. The second kappa shape index (κ2) is 7.13. The van der Waals surface area contributed by atoms with Crippen molar-refractivity contribution < 1.29 is 5.11 Å². The first kappa shape index (κ1) is 17.0. The first-order valence-corrected chi connectivity index (χ1v) is 10.2. The van der Waals surface area contributed by atoms with Crippen LogP contribution in [0.5, 0.6) is 5.88 Å². The molecule has 1 fully saturated rings. The maximum atomic E-state index is 10.4. The molecule has 5 nitrogen and oxygen atoms in total. The molecular weight excluding hydrogens is 368 g/mol. The van der Waals surface area contributed by atoms with Gasteiger partial charge in [-0.2, -0.15) is 4.98 Å². The summed E-state index contributed by atoms with van der Waals surface area (Å²) in [5, 5.41) is 11.2. The molecule has 3 heterocycles. The molecule has 1 saturated heterocycles. The molecular formula is C22H20N4OS. The average molecular weight is 388 g/mol. The number of rotatable bonds is 3. The van der Waals surface area contributed by atoms with E-state index < -0.39 is 0 Å². The van der Waals surface area contributed by atoms with E-state index in [0.717, 1.165) is 53.0 Å². The fourth-order valence-electron chi connectivity index (χ4n) is 3.63. The number of benzene rings is 2. The van der Waals surface area contributed by atoms with Crippen LogP contribution in [0.25, 0.3) is 11.6 Å². The van der Waals surface area contributed by atoms with Crippen LogP contribution in [-0.2, 0) is 0 Å². The summed E-state index contributed by atoms with van der Waals surface area (Å²) in [6.07, 6.45) is 3.83. The Morgan fingerprint density at radius 3 is 2.43 bits per heavy atom. The highest BCUT2D eigenvalue weighted by atomic mass is 32.1. The smallest absolute Gasteiger partial charge is 0.231 e. The van der Waals surface area contributed by atoms with Gasteiger partial charge in [0, 0.05) is 49.2 Å². The van der Waals surface area contributed by atoms with Crippen molar-refractivity contribution in [3.05, 3.63) is 65.0 Å². The van der Waals surface area contributed by atoms with E-state index in [1.54, 1.807) is 0 Å². The lowest BCUT2D eigenvalue weighted by Gasteiger charge is -2.35. The quantitative estimate of drug-likeness (QED) is 0.721. The maximum Gasteiger partial charge on any atom is 0.231 e. The Morgan fingerprint density at radius 2 is 1.61 bits per heavy atom. The molecule has 0 saturated carbocycles. The first-order valence-electron chi connectivity index (χ1n) is 9.38. The van der Waals surface area contributed by atoms with Gasteiger partial charge in [-0.3, -0.25) is 4.99 Å². The van der Waals surface area contributed by atoms with Crippen LogP contribution in [0.3, 0.4) is 0 Å². The van der Waals surface area contributed by atoms with Gasteiger partial charge in [0.25, 0.3) is 0 Å². The number of anilines is 2. The number of hydrogen-bond acceptors (Lipinski definition) is 6. The third-order valence-electron chi connectivity index (χ3n) is 5.14. The topological polar surface area (TPSA) is 52.0 Å². The van der Waals surface area contributed by atoms with Crippen molar-refractivity contribution in [1.29, 1.82) is 0 Å². The summed E-state index contributed by atoms with van der Waals surface area (Å²) in [6.45, 7) is 3.67. The molecule has 0 amide bonds. The van der Waals surface area contributed by atoms with Crippen LogP contribution < -0.4 is 9.80 Å². The molecule has 0 bridgehead atoms. The fourth-order valence-corrected chi connectivity index (χ4v) is 4.60. The summed E-state index contributed by atoms with van der Waals surface area (Å²) < 4.78 is 0. The molecule has 140 valence electrons. The zero-order valence-electron chi connectivity index (χ0n) is 15.3. The van der Waals surface area contributed by atoms with Crippen LogP contribution in [0.4, 0.5) is 16.5 Å². The number of para-hydroxylation sites is 2. The minimum absolute atomic E-state index is 0.0933. The number of aromatic hydroxyl groups is 1. The minimum Gasteiger partial charge on any atom is -0.492 e. The lowest BCUT2D eigenvalue weighted by molar-refractivity contribution is 0.455. The molecule has 5 rings (SSSR count). The van der Waals surface area contributed by atoms with E-state index in [-0.39, 0.29) is 5.88 Å². The lowest BCUT2D eigenvalue weighted by Crippen LogP contribution is -2.46. The van der Waals surface area contributed by atoms with Gasteiger partial charge in [-0.25, -0.2) is 0 Å². The van der Waals surface area contributed by atoms with Crippen molar-refractivity contribution in [2.45, 2.75) is 0 Å². The number of aromatic nitrogens is 1. The number of allylic oxidation sites excluding steroid dienone is 1. The Bertz CT molecular complexity index is 1050. The number of nitrogens with zero attached hydrogens (tertiary/aromatic N) is 4. The predicted octanol–water partition coefficient (Wildman–Crippen LogP) is 4.43. The van der Waals surface area contributed by atoms with Gasteiger partial charge in [-0.15, -0.1) is 0 Å². The van der Waals surface area contributed by atoms with Gasteiger partial charge in [0.2, 0.25) is 5.88 Å². The second-order valence-corrected chi connectivity index (χ2v) is 7.88. The molecule has 0 atom stereocenters. The maximum absolute atomic E-state index is 10.4. The Labute approximate surface area is 167 Å². The highest BCUT2D eigenvalue weighted by Crippen LogP contribution is 2.37. The molecule has 28 heavy (non-hydrogen) atoms. The van der Waals surface area contributed by atoms with Crippen molar-refractivity contribution >= 4 is 45.7 Å². The van der Waals surface area contributed by atoms with Crippen LogP contribution in [0.1, 0.15) is 10.4 Å². The Kier molecular flexibility index (Phi) is 4.33. The van der Waals surface area contributed by atoms with Gasteiger partial charge in [-0.1, -0.05) is 47.7 Å². The summed E-state index contributed by atoms with van der Waals surface area (Å²) in [6, 6.07) is 18.5. The number of hydrogen-bond donors (Lipinski definition) is 1. The number of piperazine rings is 1. The summed E-state index contributed by atoms with van der Waals surface area (Å²) in [7, 11) is 0. The largest absolute Gasteiger partial charge is 0.492 e. The third-order valence-corrected chi connectivity index (χ3v) is 6.19. The number of thiazole rings is 1. The van der Waals surface area contributed by atoms with Crippen LogP contribution in [0, 0.1) is 0 Å². The zero-order chi connectivity index (χ0) is 18.9. The molecule has 0 unspecified atom stereocenters. The van der Waals surface area contributed by atoms with Gasteiger partial charge in [0.15, 0.2) is 5.13 Å². The van der Waals surface area contributed by atoms with E-state index in [4.69, 9.17) is 0 Å². The monoisotopic (exact) mass is 388 g/mol.